The van der Waals surface area contributed by atoms with Crippen molar-refractivity contribution in [2.45, 2.75) is 64.9 Å². The van der Waals surface area contributed by atoms with Gasteiger partial charge in [0, 0.05) is 23.4 Å². The summed E-state index contributed by atoms with van der Waals surface area (Å²) in [6.07, 6.45) is 9.03. The van der Waals surface area contributed by atoms with Crippen molar-refractivity contribution in [3.05, 3.63) is 77.0 Å². The van der Waals surface area contributed by atoms with Gasteiger partial charge in [0.05, 0.1) is 12.8 Å². The fourth-order valence-electron chi connectivity index (χ4n) is 4.81. The largest absolute Gasteiger partial charge is 0.496 e. The quantitative estimate of drug-likeness (QED) is 0.392. The van der Waals surface area contributed by atoms with Crippen LogP contribution in [-0.2, 0) is 19.4 Å². The predicted octanol–water partition coefficient (Wildman–Crippen LogP) is 7.12. The number of nitrogens with zero attached hydrogens (tertiary/aromatic N) is 1. The highest BCUT2D eigenvalue weighted by atomic mass is 16.5. The highest BCUT2D eigenvalue weighted by Gasteiger charge is 2.21. The molecule has 0 spiro atoms. The Bertz CT molecular complexity index is 999. The molecule has 0 unspecified atom stereocenters. The van der Waals surface area contributed by atoms with Gasteiger partial charge >= 0.3 is 0 Å². The Hall–Kier alpha value is -2.81. The summed E-state index contributed by atoms with van der Waals surface area (Å²) in [7, 11) is 1.72. The number of methoxy groups -OCH3 is 1. The number of aryl methyl sites for hydroxylation is 2. The minimum absolute atomic E-state index is 0.455. The second-order valence-corrected chi connectivity index (χ2v) is 8.35. The van der Waals surface area contributed by atoms with E-state index in [-0.39, 0.29) is 0 Å². The van der Waals surface area contributed by atoms with E-state index in [1.54, 1.807) is 7.11 Å². The third-order valence-electron chi connectivity index (χ3n) is 6.52. The second-order valence-electron chi connectivity index (χ2n) is 8.35. The standard InChI is InChI=1S/C28H33NO2/c1-4-20-13-10-14-21(5-2)28(20)25-17-27(30-3)23(18-29-25)19-31-26-16-9-8-15-24(26)22-11-6-7-12-22/h8-10,13-18,22H,4-7,11-12,19H2,1-3H3. The van der Waals surface area contributed by atoms with Crippen molar-refractivity contribution in [1.82, 2.24) is 4.98 Å². The number of rotatable bonds is 8. The fourth-order valence-corrected chi connectivity index (χ4v) is 4.81. The van der Waals surface area contributed by atoms with Crippen LogP contribution in [0.15, 0.2) is 54.7 Å². The number of benzene rings is 2. The molecule has 0 radical (unpaired) electrons. The Morgan fingerprint density at radius 2 is 1.58 bits per heavy atom. The number of hydrogen-bond donors (Lipinski definition) is 0. The lowest BCUT2D eigenvalue weighted by Crippen LogP contribution is -2.04. The van der Waals surface area contributed by atoms with Crippen molar-refractivity contribution in [2.75, 3.05) is 7.11 Å². The summed E-state index contributed by atoms with van der Waals surface area (Å²) in [5.74, 6) is 2.44. The van der Waals surface area contributed by atoms with Crippen LogP contribution in [0.2, 0.25) is 0 Å². The van der Waals surface area contributed by atoms with E-state index in [2.05, 4.69) is 62.4 Å². The van der Waals surface area contributed by atoms with Crippen molar-refractivity contribution in [1.29, 1.82) is 0 Å². The van der Waals surface area contributed by atoms with Crippen LogP contribution >= 0.6 is 0 Å². The van der Waals surface area contributed by atoms with Crippen LogP contribution in [-0.4, -0.2) is 12.1 Å². The Balaban J connectivity index is 1.60. The van der Waals surface area contributed by atoms with Gasteiger partial charge in [-0.3, -0.25) is 4.98 Å². The van der Waals surface area contributed by atoms with E-state index >= 15 is 0 Å². The summed E-state index contributed by atoms with van der Waals surface area (Å²) in [6.45, 7) is 4.84. The lowest BCUT2D eigenvalue weighted by molar-refractivity contribution is 0.291. The molecular weight excluding hydrogens is 382 g/mol. The van der Waals surface area contributed by atoms with E-state index in [1.807, 2.05) is 6.20 Å². The lowest BCUT2D eigenvalue weighted by Gasteiger charge is -2.18. The fraction of sp³-hybridized carbons (Fsp3) is 0.393. The number of hydrogen-bond acceptors (Lipinski definition) is 3. The molecule has 31 heavy (non-hydrogen) atoms. The van der Waals surface area contributed by atoms with Crippen molar-refractivity contribution in [2.24, 2.45) is 0 Å². The van der Waals surface area contributed by atoms with E-state index in [1.165, 1.54) is 47.9 Å². The molecule has 1 aliphatic rings. The number of aromatic nitrogens is 1. The van der Waals surface area contributed by atoms with E-state index < -0.39 is 0 Å². The van der Waals surface area contributed by atoms with Crippen LogP contribution in [0, 0.1) is 0 Å². The van der Waals surface area contributed by atoms with Gasteiger partial charge in [-0.1, -0.05) is 63.1 Å². The summed E-state index contributed by atoms with van der Waals surface area (Å²) in [6, 6.07) is 17.1. The molecule has 2 aromatic carbocycles. The van der Waals surface area contributed by atoms with E-state index in [0.717, 1.165) is 35.6 Å². The molecule has 0 aliphatic heterocycles. The minimum Gasteiger partial charge on any atom is -0.496 e. The number of pyridine rings is 1. The van der Waals surface area contributed by atoms with Crippen molar-refractivity contribution in [3.8, 4) is 22.8 Å². The maximum atomic E-state index is 6.29. The van der Waals surface area contributed by atoms with E-state index in [0.29, 0.717) is 12.5 Å². The van der Waals surface area contributed by atoms with Crippen LogP contribution in [0.25, 0.3) is 11.3 Å². The van der Waals surface area contributed by atoms with Crippen LogP contribution in [0.3, 0.4) is 0 Å². The number of para-hydroxylation sites is 1. The van der Waals surface area contributed by atoms with Crippen LogP contribution < -0.4 is 9.47 Å². The molecule has 0 bridgehead atoms. The third kappa shape index (κ3) is 4.61. The maximum Gasteiger partial charge on any atom is 0.129 e. The molecule has 1 aromatic heterocycles. The smallest absolute Gasteiger partial charge is 0.129 e. The van der Waals surface area contributed by atoms with Gasteiger partial charge in [0.25, 0.3) is 0 Å². The molecule has 1 fully saturated rings. The van der Waals surface area contributed by atoms with Crippen molar-refractivity contribution < 1.29 is 9.47 Å². The molecule has 4 rings (SSSR count). The normalized spacial score (nSPS) is 14.0. The second kappa shape index (κ2) is 10.00. The highest BCUT2D eigenvalue weighted by Crippen LogP contribution is 2.39. The monoisotopic (exact) mass is 415 g/mol. The van der Waals surface area contributed by atoms with Crippen molar-refractivity contribution in [3.63, 3.8) is 0 Å². The Labute approximate surface area is 186 Å². The average molecular weight is 416 g/mol. The molecule has 1 heterocycles. The summed E-state index contributed by atoms with van der Waals surface area (Å²) < 4.78 is 12.0. The molecule has 3 heteroatoms. The summed E-state index contributed by atoms with van der Waals surface area (Å²) in [5, 5.41) is 0. The topological polar surface area (TPSA) is 31.4 Å². The van der Waals surface area contributed by atoms with Crippen LogP contribution in [0.5, 0.6) is 11.5 Å². The van der Waals surface area contributed by atoms with Gasteiger partial charge in [-0.05, 0) is 54.4 Å². The Morgan fingerprint density at radius 1 is 0.871 bits per heavy atom. The third-order valence-corrected chi connectivity index (χ3v) is 6.52. The van der Waals surface area contributed by atoms with Crippen LogP contribution in [0.4, 0.5) is 0 Å². The zero-order valence-corrected chi connectivity index (χ0v) is 19.0. The Kier molecular flexibility index (Phi) is 6.91. The first kappa shape index (κ1) is 21.4. The zero-order chi connectivity index (χ0) is 21.6. The van der Waals surface area contributed by atoms with Crippen molar-refractivity contribution >= 4 is 0 Å². The molecule has 162 valence electrons. The first-order valence-corrected chi connectivity index (χ1v) is 11.6. The van der Waals surface area contributed by atoms with Crippen LogP contribution in [0.1, 0.15) is 67.7 Å². The zero-order valence-electron chi connectivity index (χ0n) is 19.0. The first-order chi connectivity index (χ1) is 15.2. The van der Waals surface area contributed by atoms with Gasteiger partial charge in [0.2, 0.25) is 0 Å². The molecule has 1 saturated carbocycles. The summed E-state index contributed by atoms with van der Waals surface area (Å²) in [4.78, 5) is 4.83. The Morgan fingerprint density at radius 3 is 2.26 bits per heavy atom. The molecule has 1 aliphatic carbocycles. The van der Waals surface area contributed by atoms with Gasteiger partial charge in [-0.15, -0.1) is 0 Å². The van der Waals surface area contributed by atoms with Gasteiger partial charge in [0.1, 0.15) is 18.1 Å². The van der Waals surface area contributed by atoms with E-state index in [9.17, 15) is 0 Å². The summed E-state index contributed by atoms with van der Waals surface area (Å²) >= 11 is 0. The number of ether oxygens (including phenoxy) is 2. The SMILES string of the molecule is CCc1cccc(CC)c1-c1cc(OC)c(COc2ccccc2C2CCCC2)cn1. The molecule has 0 atom stereocenters. The molecule has 3 nitrogen and oxygen atoms in total. The molecule has 0 N–H and O–H groups in total. The lowest BCUT2D eigenvalue weighted by atomic mass is 9.94. The van der Waals surface area contributed by atoms with Gasteiger partial charge in [-0.2, -0.15) is 0 Å². The van der Waals surface area contributed by atoms with E-state index in [4.69, 9.17) is 14.5 Å². The summed E-state index contributed by atoms with van der Waals surface area (Å²) in [5.41, 5.74) is 7.17. The molecule has 0 amide bonds. The maximum absolute atomic E-state index is 6.29. The van der Waals surface area contributed by atoms with Gasteiger partial charge < -0.3 is 9.47 Å². The molecular formula is C28H33NO2. The highest BCUT2D eigenvalue weighted by molar-refractivity contribution is 5.69. The molecule has 0 saturated heterocycles. The predicted molar refractivity (Wildman–Crippen MR) is 127 cm³/mol. The molecule has 3 aromatic rings. The average Bonchev–Trinajstić information content (AvgIpc) is 3.37. The first-order valence-electron chi connectivity index (χ1n) is 11.6. The minimum atomic E-state index is 0.455. The van der Waals surface area contributed by atoms with Gasteiger partial charge in [0.15, 0.2) is 0 Å². The van der Waals surface area contributed by atoms with Gasteiger partial charge in [-0.25, -0.2) is 0 Å².